The number of anilines is 2. The summed E-state index contributed by atoms with van der Waals surface area (Å²) in [4.78, 5) is 22.4. The summed E-state index contributed by atoms with van der Waals surface area (Å²) in [6, 6.07) is 34.9. The first-order valence-corrected chi connectivity index (χ1v) is 28.0. The number of aromatic nitrogens is 4. The van der Waals surface area contributed by atoms with Crippen molar-refractivity contribution in [2.45, 2.75) is 69.2 Å². The molecule has 9 aromatic rings. The molecule has 0 radical (unpaired) electrons. The van der Waals surface area contributed by atoms with Gasteiger partial charge >= 0.3 is 181 Å². The van der Waals surface area contributed by atoms with Gasteiger partial charge in [0.05, 0.1) is 26.1 Å². The Bertz CT molecular complexity index is 2460. The Balaban J connectivity index is -0.000000341. The zero-order valence-electron chi connectivity index (χ0n) is 40.6. The first-order valence-electron chi connectivity index (χ1n) is 21.4. The van der Waals surface area contributed by atoms with Gasteiger partial charge in [-0.3, -0.25) is 16.7 Å². The summed E-state index contributed by atoms with van der Waals surface area (Å²) in [7, 11) is 0. The molecule has 0 aliphatic carbocycles. The van der Waals surface area contributed by atoms with Crippen molar-refractivity contribution < 1.29 is 21.9 Å². The molecule has 0 unspecified atom stereocenters. The van der Waals surface area contributed by atoms with Crippen molar-refractivity contribution in [3.8, 4) is 0 Å². The quantitative estimate of drug-likeness (QED) is 0.0318. The molecule has 0 fully saturated rings. The number of hydrogen-bond acceptors (Lipinski definition) is 4. The smallest absolute Gasteiger partial charge is 2.00 e. The number of rotatable bonds is 1. The van der Waals surface area contributed by atoms with Crippen LogP contribution in [0.4, 0.5) is 17.1 Å². The second-order valence-electron chi connectivity index (χ2n) is 11.6. The minimum atomic E-state index is -0.427. The van der Waals surface area contributed by atoms with Crippen LogP contribution in [0.15, 0.2) is 154 Å². The van der Waals surface area contributed by atoms with Crippen LogP contribution in [0.3, 0.4) is 0 Å². The van der Waals surface area contributed by atoms with E-state index in [1.807, 2.05) is 130 Å². The number of nitrogens with zero attached hydrogens (tertiary/aromatic N) is 1. The van der Waals surface area contributed by atoms with E-state index < -0.39 is 4.92 Å². The maximum atomic E-state index is 10.2. The summed E-state index contributed by atoms with van der Waals surface area (Å²) in [6.45, 7) is 27.0. The Kier molecular flexibility index (Phi) is 44.3. The van der Waals surface area contributed by atoms with Crippen LogP contribution in [0.1, 0.15) is 69.2 Å². The molecule has 0 aliphatic rings. The third kappa shape index (κ3) is 22.8. The molecule has 9 nitrogen and oxygen atoms in total. The summed E-state index contributed by atoms with van der Waals surface area (Å²) < 4.78 is 5.70. The van der Waals surface area contributed by atoms with E-state index >= 15 is 0 Å². The molecule has 0 bridgehead atoms. The number of aromatic amines is 4. The summed E-state index contributed by atoms with van der Waals surface area (Å²) in [5.41, 5.74) is 17.7. The molecule has 4 aromatic heterocycles. The van der Waals surface area contributed by atoms with Crippen LogP contribution in [0.2, 0.25) is 0 Å². The van der Waals surface area contributed by atoms with E-state index in [4.69, 9.17) is 11.5 Å². The fraction of sp³-hybridized carbons (Fsp3) is 0.200. The van der Waals surface area contributed by atoms with Gasteiger partial charge in [0.1, 0.15) is 0 Å². The summed E-state index contributed by atoms with van der Waals surface area (Å²) in [6.07, 6.45) is 7.99. The van der Waals surface area contributed by atoms with E-state index in [1.54, 1.807) is 18.2 Å². The Labute approximate surface area is 465 Å². The van der Waals surface area contributed by atoms with Crippen molar-refractivity contribution in [3.05, 3.63) is 171 Å². The Morgan fingerprint density at radius 2 is 0.879 bits per heavy atom. The SMILES string of the molecule is Brc1cccc2cc[nH]c12.CC.CC.CC.CC.CC.Nc1cccc2[c]([GaH2])c[nH]c12.Nc1cccc2cc[nH]c12.O=[N+]([O-])c1ccccc1Br.[Br-].[CH-]=C.[GaH2][c]1c[nH]c2c(Br)cccc12.[Mg+2]. The van der Waals surface area contributed by atoms with Crippen molar-refractivity contribution in [1.82, 2.24) is 19.9 Å². The number of nitrogens with two attached hydrogens (primary N) is 2. The first kappa shape index (κ1) is 69.5. The standard InChI is InChI=1S/C8H6BrN.C8H5BrN.C8H8N2.C8H7N2.C6H4BrNO2.5C2H6.C2H3.BrH.2Ga.Mg.4H/c4*9-7-3-1-2-6-4-5-10-8(6)7;7-5-3-1-2-4-6(5)8(9)10;6*1-2;;;;;;;;/h1-5,10H;1-3,5,10H;1-5,10H,9H2;1-3,5,10H,9H2;1-4H;5*1-2H3;1H,2H2;1H;;;;;;;/q;;;;;;;;;;-1;;;;+2;;;;/p-1. The van der Waals surface area contributed by atoms with E-state index in [1.165, 1.54) is 46.9 Å². The van der Waals surface area contributed by atoms with Crippen LogP contribution in [0.5, 0.6) is 0 Å². The van der Waals surface area contributed by atoms with Gasteiger partial charge in [-0.2, -0.15) is 0 Å². The van der Waals surface area contributed by atoms with Gasteiger partial charge < -0.3 is 39.3 Å². The molecular weight excluding hydrogens is 1210 g/mol. The van der Waals surface area contributed by atoms with Crippen LogP contribution in [-0.2, 0) is 0 Å². The second-order valence-corrected chi connectivity index (χ2v) is 18.6. The first-order chi connectivity index (χ1) is 31.0. The number of benzene rings is 5. The third-order valence-corrected chi connectivity index (χ3v) is 13.5. The number of nitrogens with one attached hydrogen (secondary N) is 4. The largest absolute Gasteiger partial charge is 2.00 e. The number of para-hydroxylation sites is 5. The average Bonchev–Trinajstić information content (AvgIpc) is 4.18. The van der Waals surface area contributed by atoms with Crippen LogP contribution in [-0.4, -0.2) is 85.1 Å². The fourth-order valence-corrected chi connectivity index (χ4v) is 9.09. The molecule has 16 heteroatoms. The van der Waals surface area contributed by atoms with Crippen molar-refractivity contribution >= 4 is 177 Å². The molecule has 0 saturated heterocycles. The maximum Gasteiger partial charge on any atom is 2.00 e. The molecule has 0 amide bonds. The fourth-order valence-electron chi connectivity index (χ4n) is 5.33. The Hall–Kier alpha value is -3.04. The normalized spacial score (nSPS) is 8.62. The molecule has 0 saturated carbocycles. The molecule has 5 aromatic carbocycles. The molecule has 350 valence electrons. The van der Waals surface area contributed by atoms with Crippen LogP contribution >= 0.6 is 47.8 Å². The number of hydrogen-bond donors (Lipinski definition) is 6. The van der Waals surface area contributed by atoms with Gasteiger partial charge in [0.15, 0.2) is 0 Å². The maximum absolute atomic E-state index is 10.2. The van der Waals surface area contributed by atoms with E-state index in [0.29, 0.717) is 4.47 Å². The zero-order chi connectivity index (χ0) is 49.2. The van der Waals surface area contributed by atoms with Gasteiger partial charge in [-0.15, -0.1) is 0 Å². The molecule has 0 atom stereocenters. The number of nitro benzene ring substituents is 1. The van der Waals surface area contributed by atoms with E-state index in [2.05, 4.69) is 130 Å². The minimum absolute atomic E-state index is 0. The van der Waals surface area contributed by atoms with Crippen LogP contribution in [0, 0.1) is 16.7 Å². The van der Waals surface area contributed by atoms with Gasteiger partial charge in [-0.05, 0) is 62.2 Å². The number of H-pyrrole nitrogens is 4. The molecule has 0 spiro atoms. The van der Waals surface area contributed by atoms with Crippen molar-refractivity contribution in [3.63, 3.8) is 0 Å². The number of halogens is 4. The second kappa shape index (κ2) is 42.1. The molecule has 66 heavy (non-hydrogen) atoms. The zero-order valence-corrected chi connectivity index (χ0v) is 56.8. The molecule has 4 heterocycles. The molecular formula is C50H67Br4Ga2MgN7O2. The third-order valence-electron chi connectivity index (χ3n) is 8.03. The Morgan fingerprint density at radius 1 is 0.515 bits per heavy atom. The van der Waals surface area contributed by atoms with Crippen molar-refractivity contribution in [2.75, 3.05) is 11.5 Å². The predicted molar refractivity (Wildman–Crippen MR) is 307 cm³/mol. The average molecular weight is 1280 g/mol. The van der Waals surface area contributed by atoms with Crippen LogP contribution < -0.4 is 36.7 Å². The van der Waals surface area contributed by atoms with E-state index in [0.717, 1.165) is 68.6 Å². The van der Waals surface area contributed by atoms with Crippen molar-refractivity contribution in [2.24, 2.45) is 0 Å². The molecule has 0 aliphatic heterocycles. The minimum Gasteiger partial charge on any atom is 2.00 e. The van der Waals surface area contributed by atoms with Gasteiger partial charge in [0.25, 0.3) is 5.69 Å². The van der Waals surface area contributed by atoms with Gasteiger partial charge in [0, 0.05) is 33.7 Å². The number of nitrogen functional groups attached to an aromatic ring is 2. The van der Waals surface area contributed by atoms with Gasteiger partial charge in [-0.25, -0.2) is 0 Å². The topological polar surface area (TPSA) is 158 Å². The monoisotopic (exact) mass is 1280 g/mol. The molecule has 8 N–H and O–H groups in total. The van der Waals surface area contributed by atoms with E-state index in [-0.39, 0.29) is 45.7 Å². The Morgan fingerprint density at radius 3 is 1.30 bits per heavy atom. The predicted octanol–water partition coefficient (Wildman–Crippen LogP) is 10.6. The van der Waals surface area contributed by atoms with Gasteiger partial charge in [0.2, 0.25) is 0 Å². The number of nitro groups is 1. The van der Waals surface area contributed by atoms with Crippen LogP contribution in [0.25, 0.3) is 43.6 Å². The van der Waals surface area contributed by atoms with Crippen molar-refractivity contribution in [1.29, 1.82) is 0 Å². The number of fused-ring (bicyclic) bond motifs is 4. The van der Waals surface area contributed by atoms with Gasteiger partial charge in [-0.1, -0.05) is 106 Å². The van der Waals surface area contributed by atoms with E-state index in [9.17, 15) is 10.1 Å². The summed E-state index contributed by atoms with van der Waals surface area (Å²) >= 11 is 11.5. The summed E-state index contributed by atoms with van der Waals surface area (Å²) in [5, 5.41) is 15.3. The molecule has 9 rings (SSSR count). The summed E-state index contributed by atoms with van der Waals surface area (Å²) in [5.74, 6) is 0.